The maximum absolute atomic E-state index is 13.3. The number of hydrogen-bond donors (Lipinski definition) is 0. The fraction of sp³-hybridized carbons (Fsp3) is 0.273. The molecule has 1 saturated heterocycles. The van der Waals surface area contributed by atoms with Crippen LogP contribution in [0.5, 0.6) is 11.5 Å². The Balaban J connectivity index is 1.54. The van der Waals surface area contributed by atoms with E-state index in [4.69, 9.17) is 21.1 Å². The molecule has 3 aromatic rings. The lowest BCUT2D eigenvalue weighted by atomic mass is 10.3. The number of sulfonamides is 1. The number of anilines is 1. The fourth-order valence-corrected chi connectivity index (χ4v) is 5.34. The molecule has 9 nitrogen and oxygen atoms in total. The molecule has 0 N–H and O–H groups in total. The van der Waals surface area contributed by atoms with Crippen LogP contribution in [0.1, 0.15) is 0 Å². The van der Waals surface area contributed by atoms with Gasteiger partial charge in [-0.2, -0.15) is 8.99 Å². The number of piperazine rings is 1. The fourth-order valence-electron chi connectivity index (χ4n) is 3.62. The van der Waals surface area contributed by atoms with Crippen LogP contribution >= 0.6 is 11.6 Å². The SMILES string of the molecule is COc1ccc(OC)c(S(=O)(=O)N2CCN(c3ccc(=O)n(-c4ccc(Cl)cc4)n3)CC2)c1. The topological polar surface area (TPSA) is 94.0 Å². The molecule has 1 aliphatic rings. The Hall–Kier alpha value is -3.08. The molecule has 0 amide bonds. The maximum atomic E-state index is 13.3. The van der Waals surface area contributed by atoms with Gasteiger partial charge in [0.05, 0.1) is 19.9 Å². The molecule has 2 aromatic carbocycles. The van der Waals surface area contributed by atoms with Gasteiger partial charge >= 0.3 is 0 Å². The normalized spacial score (nSPS) is 14.8. The lowest BCUT2D eigenvalue weighted by molar-refractivity contribution is 0.370. The first-order chi connectivity index (χ1) is 15.8. The second-order valence-corrected chi connectivity index (χ2v) is 9.67. The van der Waals surface area contributed by atoms with Crippen molar-refractivity contribution < 1.29 is 17.9 Å². The summed E-state index contributed by atoms with van der Waals surface area (Å²) in [7, 11) is -0.881. The van der Waals surface area contributed by atoms with E-state index in [0.29, 0.717) is 35.4 Å². The number of halogens is 1. The summed E-state index contributed by atoms with van der Waals surface area (Å²) in [6.07, 6.45) is 0. The lowest BCUT2D eigenvalue weighted by Crippen LogP contribution is -2.49. The molecule has 11 heteroatoms. The van der Waals surface area contributed by atoms with Crippen molar-refractivity contribution in [3.8, 4) is 17.2 Å². The van der Waals surface area contributed by atoms with E-state index < -0.39 is 10.0 Å². The summed E-state index contributed by atoms with van der Waals surface area (Å²) in [4.78, 5) is 14.3. The van der Waals surface area contributed by atoms with Crippen LogP contribution in [0.25, 0.3) is 5.69 Å². The third-order valence-corrected chi connectivity index (χ3v) is 7.58. The van der Waals surface area contributed by atoms with Crippen molar-refractivity contribution in [3.63, 3.8) is 0 Å². The van der Waals surface area contributed by atoms with Gasteiger partial charge in [0.15, 0.2) is 0 Å². The maximum Gasteiger partial charge on any atom is 0.271 e. The average molecular weight is 491 g/mol. The molecule has 1 aliphatic heterocycles. The Labute approximate surface area is 196 Å². The van der Waals surface area contributed by atoms with Gasteiger partial charge in [0.1, 0.15) is 22.2 Å². The number of ether oxygens (including phenoxy) is 2. The lowest BCUT2D eigenvalue weighted by Gasteiger charge is -2.34. The quantitative estimate of drug-likeness (QED) is 0.523. The van der Waals surface area contributed by atoms with Crippen molar-refractivity contribution in [2.24, 2.45) is 0 Å². The molecule has 0 bridgehead atoms. The Kier molecular flexibility index (Phi) is 6.59. The van der Waals surface area contributed by atoms with E-state index in [9.17, 15) is 13.2 Å². The van der Waals surface area contributed by atoms with Crippen molar-refractivity contribution in [1.29, 1.82) is 0 Å². The zero-order valence-corrected chi connectivity index (χ0v) is 19.7. The predicted octanol–water partition coefficient (Wildman–Crippen LogP) is 2.41. The Bertz CT molecular complexity index is 1300. The van der Waals surface area contributed by atoms with Crippen LogP contribution in [0.2, 0.25) is 5.02 Å². The summed E-state index contributed by atoms with van der Waals surface area (Å²) in [5.41, 5.74) is 0.324. The average Bonchev–Trinajstić information content (AvgIpc) is 2.84. The van der Waals surface area contributed by atoms with Gasteiger partial charge in [-0.15, -0.1) is 5.10 Å². The van der Waals surface area contributed by atoms with Gasteiger partial charge in [0.2, 0.25) is 10.0 Å². The zero-order valence-electron chi connectivity index (χ0n) is 18.1. The number of hydrogen-bond acceptors (Lipinski definition) is 7. The second kappa shape index (κ2) is 9.42. The molecule has 1 fully saturated rings. The second-order valence-electron chi connectivity index (χ2n) is 7.33. The number of methoxy groups -OCH3 is 2. The molecular weight excluding hydrogens is 468 g/mol. The first-order valence-electron chi connectivity index (χ1n) is 10.2. The molecule has 0 aliphatic carbocycles. The third kappa shape index (κ3) is 4.68. The van der Waals surface area contributed by atoms with Crippen LogP contribution in [0.15, 0.2) is 64.3 Å². The van der Waals surface area contributed by atoms with Crippen LogP contribution in [0.4, 0.5) is 5.82 Å². The summed E-state index contributed by atoms with van der Waals surface area (Å²) in [5.74, 6) is 1.28. The third-order valence-electron chi connectivity index (χ3n) is 5.41. The van der Waals surface area contributed by atoms with Gasteiger partial charge in [-0.3, -0.25) is 4.79 Å². The van der Waals surface area contributed by atoms with Crippen molar-refractivity contribution >= 4 is 27.4 Å². The van der Waals surface area contributed by atoms with Crippen LogP contribution < -0.4 is 19.9 Å². The Morgan fingerprint density at radius 2 is 1.61 bits per heavy atom. The molecule has 0 radical (unpaired) electrons. The van der Waals surface area contributed by atoms with Gasteiger partial charge in [-0.25, -0.2) is 8.42 Å². The first-order valence-corrected chi connectivity index (χ1v) is 12.0. The molecule has 0 unspecified atom stereocenters. The summed E-state index contributed by atoms with van der Waals surface area (Å²) in [6, 6.07) is 14.6. The summed E-state index contributed by atoms with van der Waals surface area (Å²) < 4.78 is 39.7. The minimum absolute atomic E-state index is 0.0622. The van der Waals surface area contributed by atoms with Gasteiger partial charge in [0, 0.05) is 43.3 Å². The summed E-state index contributed by atoms with van der Waals surface area (Å²) in [6.45, 7) is 1.34. The van der Waals surface area contributed by atoms with E-state index in [0.717, 1.165) is 0 Å². The number of rotatable bonds is 6. The van der Waals surface area contributed by atoms with E-state index in [1.165, 1.54) is 35.3 Å². The Morgan fingerprint density at radius 1 is 0.909 bits per heavy atom. The number of aromatic nitrogens is 2. The minimum Gasteiger partial charge on any atom is -0.497 e. The molecule has 1 aromatic heterocycles. The highest BCUT2D eigenvalue weighted by Gasteiger charge is 2.31. The molecule has 0 saturated carbocycles. The minimum atomic E-state index is -3.79. The molecule has 2 heterocycles. The van der Waals surface area contributed by atoms with Crippen LogP contribution in [0.3, 0.4) is 0 Å². The van der Waals surface area contributed by atoms with E-state index in [1.54, 1.807) is 42.5 Å². The van der Waals surface area contributed by atoms with Crippen LogP contribution in [-0.4, -0.2) is 62.9 Å². The summed E-state index contributed by atoms with van der Waals surface area (Å²) >= 11 is 5.94. The Morgan fingerprint density at radius 3 is 2.24 bits per heavy atom. The van der Waals surface area contributed by atoms with Crippen molar-refractivity contribution in [1.82, 2.24) is 14.1 Å². The monoisotopic (exact) mass is 490 g/mol. The van der Waals surface area contributed by atoms with Gasteiger partial charge in [0.25, 0.3) is 5.56 Å². The predicted molar refractivity (Wildman–Crippen MR) is 125 cm³/mol. The highest BCUT2D eigenvalue weighted by Crippen LogP contribution is 2.31. The summed E-state index contributed by atoms with van der Waals surface area (Å²) in [5, 5.41) is 5.04. The van der Waals surface area contributed by atoms with Crippen molar-refractivity contribution in [3.05, 3.63) is 70.0 Å². The van der Waals surface area contributed by atoms with E-state index in [1.807, 2.05) is 4.90 Å². The van der Waals surface area contributed by atoms with Crippen molar-refractivity contribution in [2.75, 3.05) is 45.3 Å². The van der Waals surface area contributed by atoms with Crippen molar-refractivity contribution in [2.45, 2.75) is 4.90 Å². The number of benzene rings is 2. The van der Waals surface area contributed by atoms with Gasteiger partial charge in [-0.05, 0) is 42.5 Å². The first kappa shape index (κ1) is 23.1. The largest absolute Gasteiger partial charge is 0.497 e. The van der Waals surface area contributed by atoms with Crippen LogP contribution in [0, 0.1) is 0 Å². The smallest absolute Gasteiger partial charge is 0.271 e. The molecule has 174 valence electrons. The number of nitrogens with zero attached hydrogens (tertiary/aromatic N) is 4. The van der Waals surface area contributed by atoms with E-state index >= 15 is 0 Å². The zero-order chi connectivity index (χ0) is 23.6. The molecule has 0 atom stereocenters. The molecule has 33 heavy (non-hydrogen) atoms. The highest BCUT2D eigenvalue weighted by atomic mass is 35.5. The van der Waals surface area contributed by atoms with Gasteiger partial charge < -0.3 is 14.4 Å². The standard InChI is InChI=1S/C22H23ClN4O5S/c1-31-18-7-8-19(32-2)20(15-18)33(29,30)26-13-11-25(12-14-26)21-9-10-22(28)27(24-21)17-5-3-16(23)4-6-17/h3-10,15H,11-14H2,1-2H3. The van der Waals surface area contributed by atoms with E-state index in [2.05, 4.69) is 5.10 Å². The molecule has 0 spiro atoms. The highest BCUT2D eigenvalue weighted by molar-refractivity contribution is 7.89. The van der Waals surface area contributed by atoms with Gasteiger partial charge in [-0.1, -0.05) is 11.6 Å². The molecule has 4 rings (SSSR count). The van der Waals surface area contributed by atoms with E-state index in [-0.39, 0.29) is 29.3 Å². The molecular formula is C22H23ClN4O5S. The van der Waals surface area contributed by atoms with Crippen LogP contribution in [-0.2, 0) is 10.0 Å².